The highest BCUT2D eigenvalue weighted by atomic mass is 16.1. The highest BCUT2D eigenvalue weighted by molar-refractivity contribution is 5.76. The monoisotopic (exact) mass is 290 g/mol. The first kappa shape index (κ1) is 17.7. The summed E-state index contributed by atoms with van der Waals surface area (Å²) in [6, 6.07) is 9.04. The van der Waals surface area contributed by atoms with E-state index in [1.807, 2.05) is 0 Å². The first-order valence-corrected chi connectivity index (χ1v) is 8.11. The van der Waals surface area contributed by atoms with Gasteiger partial charge < -0.3 is 10.6 Å². The number of nitrogens with one attached hydrogen (secondary N) is 2. The minimum atomic E-state index is 0.127. The molecule has 0 heterocycles. The van der Waals surface area contributed by atoms with Gasteiger partial charge in [0.15, 0.2) is 0 Å². The molecule has 1 unspecified atom stereocenters. The smallest absolute Gasteiger partial charge is 0.221 e. The van der Waals surface area contributed by atoms with E-state index in [0.717, 1.165) is 13.0 Å². The van der Waals surface area contributed by atoms with E-state index in [9.17, 15) is 4.79 Å². The highest BCUT2D eigenvalue weighted by Crippen LogP contribution is 2.14. The van der Waals surface area contributed by atoms with Gasteiger partial charge in [0.05, 0.1) is 0 Å². The van der Waals surface area contributed by atoms with Gasteiger partial charge >= 0.3 is 0 Å². The van der Waals surface area contributed by atoms with E-state index in [-0.39, 0.29) is 11.9 Å². The average molecular weight is 290 g/mol. The topological polar surface area (TPSA) is 41.1 Å². The third-order valence-electron chi connectivity index (χ3n) is 3.53. The van der Waals surface area contributed by atoms with E-state index in [2.05, 4.69) is 62.6 Å². The van der Waals surface area contributed by atoms with Gasteiger partial charge in [0, 0.05) is 25.6 Å². The van der Waals surface area contributed by atoms with Crippen LogP contribution in [-0.2, 0) is 11.2 Å². The fourth-order valence-corrected chi connectivity index (χ4v) is 2.19. The van der Waals surface area contributed by atoms with Crippen LogP contribution >= 0.6 is 0 Å². The Morgan fingerprint density at radius 1 is 1.14 bits per heavy atom. The summed E-state index contributed by atoms with van der Waals surface area (Å²) < 4.78 is 0. The zero-order chi connectivity index (χ0) is 15.7. The number of carbonyl (C=O) groups is 1. The molecule has 0 aliphatic carbocycles. The Bertz CT molecular complexity index is 412. The van der Waals surface area contributed by atoms with Crippen LogP contribution in [0.1, 0.15) is 57.7 Å². The van der Waals surface area contributed by atoms with Crippen LogP contribution in [0.4, 0.5) is 0 Å². The molecule has 0 spiro atoms. The van der Waals surface area contributed by atoms with Crippen molar-refractivity contribution in [1.82, 2.24) is 10.6 Å². The molecule has 3 nitrogen and oxygen atoms in total. The summed E-state index contributed by atoms with van der Waals surface area (Å²) >= 11 is 0. The second-order valence-electron chi connectivity index (χ2n) is 6.12. The Morgan fingerprint density at radius 3 is 2.38 bits per heavy atom. The van der Waals surface area contributed by atoms with Crippen molar-refractivity contribution in [3.8, 4) is 0 Å². The van der Waals surface area contributed by atoms with Crippen LogP contribution in [0.15, 0.2) is 24.3 Å². The van der Waals surface area contributed by atoms with Gasteiger partial charge in [0.1, 0.15) is 0 Å². The first-order valence-electron chi connectivity index (χ1n) is 8.11. The molecular weight excluding hydrogens is 260 g/mol. The van der Waals surface area contributed by atoms with E-state index >= 15 is 0 Å². The summed E-state index contributed by atoms with van der Waals surface area (Å²) in [6.45, 7) is 10.0. The Kier molecular flexibility index (Phi) is 8.06. The van der Waals surface area contributed by atoms with E-state index in [1.165, 1.54) is 17.5 Å². The van der Waals surface area contributed by atoms with Crippen molar-refractivity contribution in [3.05, 3.63) is 35.4 Å². The SMILES string of the molecule is CCCc1ccc(C(C)NCCC(=O)NCC(C)C)cc1. The molecule has 0 radical (unpaired) electrons. The third kappa shape index (κ3) is 7.28. The molecule has 2 N–H and O–H groups in total. The molecule has 21 heavy (non-hydrogen) atoms. The molecule has 1 rings (SSSR count). The zero-order valence-corrected chi connectivity index (χ0v) is 13.9. The Labute approximate surface area is 129 Å². The molecule has 0 aromatic heterocycles. The molecule has 0 bridgehead atoms. The molecule has 0 saturated heterocycles. The number of benzene rings is 1. The van der Waals surface area contributed by atoms with E-state index < -0.39 is 0 Å². The summed E-state index contributed by atoms with van der Waals surface area (Å²) in [7, 11) is 0. The normalized spacial score (nSPS) is 12.4. The van der Waals surface area contributed by atoms with Gasteiger partial charge in [-0.1, -0.05) is 51.5 Å². The zero-order valence-electron chi connectivity index (χ0n) is 13.9. The van der Waals surface area contributed by atoms with Crippen molar-refractivity contribution >= 4 is 5.91 Å². The van der Waals surface area contributed by atoms with E-state index in [1.54, 1.807) is 0 Å². The van der Waals surface area contributed by atoms with Crippen LogP contribution in [0.25, 0.3) is 0 Å². The summed E-state index contributed by atoms with van der Waals surface area (Å²) in [6.07, 6.45) is 2.85. The number of rotatable bonds is 9. The lowest BCUT2D eigenvalue weighted by molar-refractivity contribution is -0.121. The number of hydrogen-bond acceptors (Lipinski definition) is 2. The summed E-state index contributed by atoms with van der Waals surface area (Å²) in [5.74, 6) is 0.629. The van der Waals surface area contributed by atoms with Gasteiger partial charge in [-0.25, -0.2) is 0 Å². The molecular formula is C18H30N2O. The van der Waals surface area contributed by atoms with E-state index in [0.29, 0.717) is 18.9 Å². The largest absolute Gasteiger partial charge is 0.356 e. The predicted molar refractivity (Wildman–Crippen MR) is 89.3 cm³/mol. The Hall–Kier alpha value is -1.35. The van der Waals surface area contributed by atoms with Crippen molar-refractivity contribution in [2.24, 2.45) is 5.92 Å². The molecule has 118 valence electrons. The minimum absolute atomic E-state index is 0.127. The lowest BCUT2D eigenvalue weighted by Gasteiger charge is -2.15. The van der Waals surface area contributed by atoms with Crippen molar-refractivity contribution in [2.75, 3.05) is 13.1 Å². The molecule has 0 fully saturated rings. The molecule has 0 aliphatic rings. The van der Waals surface area contributed by atoms with Gasteiger partial charge in [-0.15, -0.1) is 0 Å². The molecule has 1 aromatic rings. The van der Waals surface area contributed by atoms with Gasteiger partial charge in [-0.05, 0) is 30.4 Å². The first-order chi connectivity index (χ1) is 10.0. The van der Waals surface area contributed by atoms with Gasteiger partial charge in [-0.2, -0.15) is 0 Å². The van der Waals surface area contributed by atoms with Crippen LogP contribution < -0.4 is 10.6 Å². The summed E-state index contributed by atoms with van der Waals surface area (Å²) in [4.78, 5) is 11.6. The van der Waals surface area contributed by atoms with Crippen molar-refractivity contribution in [3.63, 3.8) is 0 Å². The fourth-order valence-electron chi connectivity index (χ4n) is 2.19. The van der Waals surface area contributed by atoms with Crippen LogP contribution in [0.2, 0.25) is 0 Å². The van der Waals surface area contributed by atoms with Crippen LogP contribution in [0, 0.1) is 5.92 Å². The number of aryl methyl sites for hydroxylation is 1. The predicted octanol–water partition coefficient (Wildman–Crippen LogP) is 3.45. The maximum atomic E-state index is 11.6. The Balaban J connectivity index is 2.29. The molecule has 1 atom stereocenters. The fraction of sp³-hybridized carbons (Fsp3) is 0.611. The van der Waals surface area contributed by atoms with Crippen molar-refractivity contribution in [2.45, 2.75) is 53.0 Å². The minimum Gasteiger partial charge on any atom is -0.356 e. The second-order valence-corrected chi connectivity index (χ2v) is 6.12. The second kappa shape index (κ2) is 9.56. The van der Waals surface area contributed by atoms with Crippen LogP contribution in [0.5, 0.6) is 0 Å². The number of hydrogen-bond donors (Lipinski definition) is 2. The molecule has 1 amide bonds. The van der Waals surface area contributed by atoms with Crippen molar-refractivity contribution in [1.29, 1.82) is 0 Å². The molecule has 0 aliphatic heterocycles. The van der Waals surface area contributed by atoms with Gasteiger partial charge in [0.25, 0.3) is 0 Å². The summed E-state index contributed by atoms with van der Waals surface area (Å²) in [5.41, 5.74) is 2.67. The highest BCUT2D eigenvalue weighted by Gasteiger charge is 2.06. The quantitative estimate of drug-likeness (QED) is 0.731. The molecule has 0 saturated carbocycles. The molecule has 3 heteroatoms. The van der Waals surface area contributed by atoms with Crippen LogP contribution in [-0.4, -0.2) is 19.0 Å². The lowest BCUT2D eigenvalue weighted by atomic mass is 10.0. The van der Waals surface area contributed by atoms with Gasteiger partial charge in [0.2, 0.25) is 5.91 Å². The summed E-state index contributed by atoms with van der Waals surface area (Å²) in [5, 5.41) is 6.35. The lowest BCUT2D eigenvalue weighted by Crippen LogP contribution is -2.31. The maximum absolute atomic E-state index is 11.6. The van der Waals surface area contributed by atoms with E-state index in [4.69, 9.17) is 0 Å². The maximum Gasteiger partial charge on any atom is 0.221 e. The molecule has 1 aromatic carbocycles. The number of carbonyl (C=O) groups excluding carboxylic acids is 1. The van der Waals surface area contributed by atoms with Crippen LogP contribution in [0.3, 0.4) is 0 Å². The van der Waals surface area contributed by atoms with Gasteiger partial charge in [-0.3, -0.25) is 4.79 Å². The Morgan fingerprint density at radius 2 is 1.81 bits per heavy atom. The standard InChI is InChI=1S/C18H30N2O/c1-5-6-16-7-9-17(10-8-16)15(4)19-12-11-18(21)20-13-14(2)3/h7-10,14-15,19H,5-6,11-13H2,1-4H3,(H,20,21). The third-order valence-corrected chi connectivity index (χ3v) is 3.53. The average Bonchev–Trinajstić information content (AvgIpc) is 2.46. The van der Waals surface area contributed by atoms with Crippen molar-refractivity contribution < 1.29 is 4.79 Å². The number of amides is 1.